The van der Waals surface area contributed by atoms with E-state index in [1.54, 1.807) is 0 Å². The third-order valence-corrected chi connectivity index (χ3v) is 7.96. The first-order chi connectivity index (χ1) is 17.6. The van der Waals surface area contributed by atoms with Crippen LogP contribution in [0.1, 0.15) is 69.3 Å². The van der Waals surface area contributed by atoms with E-state index in [4.69, 9.17) is 4.74 Å². The minimum absolute atomic E-state index is 0.280. The number of rotatable bonds is 12. The number of halogens is 1. The van der Waals surface area contributed by atoms with E-state index in [9.17, 15) is 8.96 Å². The van der Waals surface area contributed by atoms with E-state index in [2.05, 4.69) is 62.7 Å². The van der Waals surface area contributed by atoms with Crippen molar-refractivity contribution < 1.29 is 13.7 Å². The normalized spacial score (nSPS) is 13.4. The van der Waals surface area contributed by atoms with Crippen LogP contribution in [0, 0.1) is 12.7 Å². The second-order valence-corrected chi connectivity index (χ2v) is 12.3. The van der Waals surface area contributed by atoms with Gasteiger partial charge in [0.25, 0.3) is 0 Å². The molecular formula is C31H42FN2O2P. The van der Waals surface area contributed by atoms with Crippen molar-refractivity contribution in [2.24, 2.45) is 0 Å². The van der Waals surface area contributed by atoms with Gasteiger partial charge in [0, 0.05) is 36.0 Å². The summed E-state index contributed by atoms with van der Waals surface area (Å²) in [6.45, 7) is 15.7. The second kappa shape index (κ2) is 13.3. The Morgan fingerprint density at radius 1 is 1.03 bits per heavy atom. The lowest BCUT2D eigenvalue weighted by molar-refractivity contribution is 0.166. The maximum absolute atomic E-state index is 14.9. The van der Waals surface area contributed by atoms with Gasteiger partial charge >= 0.3 is 0 Å². The van der Waals surface area contributed by atoms with Crippen molar-refractivity contribution in [3.05, 3.63) is 82.9 Å². The van der Waals surface area contributed by atoms with Crippen LogP contribution >= 0.6 is 7.80 Å². The zero-order chi connectivity index (χ0) is 27.1. The van der Waals surface area contributed by atoms with Gasteiger partial charge in [0.05, 0.1) is 14.0 Å². The molecule has 0 radical (unpaired) electrons. The Kier molecular flexibility index (Phi) is 10.5. The highest BCUT2D eigenvalue weighted by atomic mass is 31.1. The standard InChI is InChI=1S/C31H42FN2O2P/c1-8-25(20-37(7)35)26-10-9-11-28(16-26)36-19-24-12-13-29(30-14-23(6)33-17-31(30)32)27(15-24)18-34(21(2)3)22(4)5/h9-17,21-22,25,37H,8,18-20H2,1-7H3. The molecule has 4 nitrogen and oxygen atoms in total. The van der Waals surface area contributed by atoms with E-state index >= 15 is 0 Å². The van der Waals surface area contributed by atoms with Crippen LogP contribution in [0.25, 0.3) is 11.1 Å². The molecule has 6 heteroatoms. The van der Waals surface area contributed by atoms with Crippen LogP contribution in [0.3, 0.4) is 0 Å². The summed E-state index contributed by atoms with van der Waals surface area (Å²) in [6.07, 6.45) is 2.98. The maximum atomic E-state index is 14.9. The van der Waals surface area contributed by atoms with Gasteiger partial charge in [-0.15, -0.1) is 0 Å². The van der Waals surface area contributed by atoms with Crippen molar-refractivity contribution >= 4 is 7.80 Å². The molecule has 2 unspecified atom stereocenters. The average Bonchev–Trinajstić information content (AvgIpc) is 2.85. The molecule has 0 fully saturated rings. The fraction of sp³-hybridized carbons (Fsp3) is 0.452. The molecule has 0 aliphatic carbocycles. The first-order valence-corrected chi connectivity index (χ1v) is 15.4. The predicted molar refractivity (Wildman–Crippen MR) is 154 cm³/mol. The molecule has 200 valence electrons. The summed E-state index contributed by atoms with van der Waals surface area (Å²) < 4.78 is 32.9. The fourth-order valence-electron chi connectivity index (χ4n) is 4.91. The molecule has 0 aliphatic rings. The summed E-state index contributed by atoms with van der Waals surface area (Å²) in [7, 11) is -1.54. The van der Waals surface area contributed by atoms with E-state index in [0.717, 1.165) is 40.7 Å². The molecule has 0 spiro atoms. The minimum atomic E-state index is -1.54. The van der Waals surface area contributed by atoms with Gasteiger partial charge in [-0.25, -0.2) is 4.39 Å². The summed E-state index contributed by atoms with van der Waals surface area (Å²) in [4.78, 5) is 6.52. The summed E-state index contributed by atoms with van der Waals surface area (Å²) in [6, 6.07) is 16.8. The Labute approximate surface area is 223 Å². The van der Waals surface area contributed by atoms with E-state index in [1.165, 1.54) is 11.8 Å². The van der Waals surface area contributed by atoms with Crippen molar-refractivity contribution in [2.45, 2.75) is 79.1 Å². The van der Waals surface area contributed by atoms with E-state index < -0.39 is 7.80 Å². The lowest BCUT2D eigenvalue weighted by atomic mass is 9.96. The van der Waals surface area contributed by atoms with Crippen LogP contribution in [0.4, 0.5) is 4.39 Å². The maximum Gasteiger partial charge on any atom is 0.149 e. The summed E-state index contributed by atoms with van der Waals surface area (Å²) in [5, 5.41) is 0. The van der Waals surface area contributed by atoms with Gasteiger partial charge in [0.2, 0.25) is 0 Å². The second-order valence-electron chi connectivity index (χ2n) is 10.5. The molecular weight excluding hydrogens is 482 g/mol. The number of aromatic nitrogens is 1. The number of nitrogens with zero attached hydrogens (tertiary/aromatic N) is 2. The Bertz CT molecular complexity index is 1200. The van der Waals surface area contributed by atoms with E-state index in [1.807, 2.05) is 43.9 Å². The smallest absolute Gasteiger partial charge is 0.149 e. The van der Waals surface area contributed by atoms with Gasteiger partial charge in [0.15, 0.2) is 0 Å². The highest BCUT2D eigenvalue weighted by Gasteiger charge is 2.19. The van der Waals surface area contributed by atoms with Crippen molar-refractivity contribution in [2.75, 3.05) is 12.8 Å². The van der Waals surface area contributed by atoms with Gasteiger partial charge in [0.1, 0.15) is 18.2 Å². The van der Waals surface area contributed by atoms with Crippen molar-refractivity contribution in [1.29, 1.82) is 0 Å². The van der Waals surface area contributed by atoms with Crippen molar-refractivity contribution in [3.63, 3.8) is 0 Å². The lowest BCUT2D eigenvalue weighted by Gasteiger charge is -2.31. The molecule has 1 aromatic heterocycles. The lowest BCUT2D eigenvalue weighted by Crippen LogP contribution is -2.36. The molecule has 3 aromatic rings. The number of pyridine rings is 1. The molecule has 0 amide bonds. The Morgan fingerprint density at radius 3 is 2.41 bits per heavy atom. The SMILES string of the molecule is CCC(C[PH](C)=O)c1cccc(OCc2ccc(-c3cc(C)ncc3F)c(CN(C(C)C)C(C)C)c2)c1. The summed E-state index contributed by atoms with van der Waals surface area (Å²) in [5.41, 5.74) is 5.54. The Morgan fingerprint density at radius 2 is 1.76 bits per heavy atom. The number of ether oxygens (including phenoxy) is 1. The molecule has 1 heterocycles. The van der Waals surface area contributed by atoms with Gasteiger partial charge < -0.3 is 9.30 Å². The molecule has 0 aliphatic heterocycles. The molecule has 37 heavy (non-hydrogen) atoms. The molecule has 0 saturated heterocycles. The zero-order valence-corrected chi connectivity index (χ0v) is 24.3. The van der Waals surface area contributed by atoms with Gasteiger partial charge in [-0.1, -0.05) is 37.3 Å². The first-order valence-electron chi connectivity index (χ1n) is 13.3. The van der Waals surface area contributed by atoms with Crippen LogP contribution in [0.2, 0.25) is 0 Å². The minimum Gasteiger partial charge on any atom is -0.489 e. The molecule has 2 atom stereocenters. The monoisotopic (exact) mass is 524 g/mol. The molecule has 0 bridgehead atoms. The highest BCUT2D eigenvalue weighted by Crippen LogP contribution is 2.32. The third kappa shape index (κ3) is 7.99. The summed E-state index contributed by atoms with van der Waals surface area (Å²) in [5.74, 6) is 0.773. The van der Waals surface area contributed by atoms with Crippen LogP contribution in [0.5, 0.6) is 5.75 Å². The first kappa shape index (κ1) is 29.1. The topological polar surface area (TPSA) is 42.4 Å². The number of hydrogen-bond acceptors (Lipinski definition) is 4. The van der Waals surface area contributed by atoms with Crippen LogP contribution < -0.4 is 4.74 Å². The number of hydrogen-bond donors (Lipinski definition) is 0. The quantitative estimate of drug-likeness (QED) is 0.225. The molecule has 2 aromatic carbocycles. The van der Waals surface area contributed by atoms with Crippen LogP contribution in [-0.4, -0.2) is 34.8 Å². The number of benzene rings is 2. The van der Waals surface area contributed by atoms with Gasteiger partial charge in [-0.05, 0) is 94.1 Å². The summed E-state index contributed by atoms with van der Waals surface area (Å²) >= 11 is 0. The molecule has 0 N–H and O–H groups in total. The number of aryl methyl sites for hydroxylation is 1. The van der Waals surface area contributed by atoms with Crippen LogP contribution in [0.15, 0.2) is 54.7 Å². The fourth-order valence-corrected chi connectivity index (χ4v) is 6.13. The average molecular weight is 525 g/mol. The molecule has 0 saturated carbocycles. The predicted octanol–water partition coefficient (Wildman–Crippen LogP) is 8.08. The Balaban J connectivity index is 1.91. The van der Waals surface area contributed by atoms with E-state index in [-0.39, 0.29) is 11.7 Å². The molecule has 3 rings (SSSR count). The van der Waals surface area contributed by atoms with E-state index in [0.29, 0.717) is 30.8 Å². The van der Waals surface area contributed by atoms with Crippen molar-refractivity contribution in [1.82, 2.24) is 9.88 Å². The van der Waals surface area contributed by atoms with Crippen molar-refractivity contribution in [3.8, 4) is 16.9 Å². The highest BCUT2D eigenvalue weighted by molar-refractivity contribution is 7.43. The van der Waals surface area contributed by atoms with Gasteiger partial charge in [-0.3, -0.25) is 9.88 Å². The van der Waals surface area contributed by atoms with Gasteiger partial charge in [-0.2, -0.15) is 0 Å². The third-order valence-electron chi connectivity index (χ3n) is 6.89. The van der Waals surface area contributed by atoms with Crippen LogP contribution in [-0.2, 0) is 17.7 Å². The largest absolute Gasteiger partial charge is 0.489 e. The zero-order valence-electron chi connectivity index (χ0n) is 23.3. The Hall–Kier alpha value is -2.49.